The van der Waals surface area contributed by atoms with Crippen LogP contribution in [0.4, 0.5) is 4.39 Å². The molecule has 0 saturated carbocycles. The summed E-state index contributed by atoms with van der Waals surface area (Å²) in [7, 11) is 0. The van der Waals surface area contributed by atoms with Crippen molar-refractivity contribution in [3.8, 4) is 0 Å². The van der Waals surface area contributed by atoms with E-state index in [1.165, 1.54) is 37.0 Å². The molecule has 16 heavy (non-hydrogen) atoms. The Morgan fingerprint density at radius 1 is 1.25 bits per heavy atom. The normalized spacial score (nSPS) is 12.7. The van der Waals surface area contributed by atoms with Crippen LogP contribution in [-0.4, -0.2) is 12.6 Å². The van der Waals surface area contributed by atoms with Gasteiger partial charge in [-0.3, -0.25) is 0 Å². The fourth-order valence-corrected chi connectivity index (χ4v) is 1.73. The lowest BCUT2D eigenvalue weighted by atomic mass is 10.1. The average Bonchev–Trinajstić information content (AvgIpc) is 2.29. The van der Waals surface area contributed by atoms with Crippen LogP contribution < -0.4 is 5.32 Å². The van der Waals surface area contributed by atoms with Crippen LogP contribution in [0.3, 0.4) is 0 Å². The maximum Gasteiger partial charge on any atom is 0.123 e. The fourth-order valence-electron chi connectivity index (χ4n) is 1.73. The molecule has 1 rings (SSSR count). The molecule has 1 aromatic carbocycles. The van der Waals surface area contributed by atoms with Crippen molar-refractivity contribution in [3.05, 3.63) is 35.6 Å². The van der Waals surface area contributed by atoms with E-state index in [0.29, 0.717) is 6.04 Å². The van der Waals surface area contributed by atoms with Gasteiger partial charge in [-0.25, -0.2) is 4.39 Å². The Hall–Kier alpha value is -0.890. The summed E-state index contributed by atoms with van der Waals surface area (Å²) in [5.74, 6) is -0.159. The molecule has 0 amide bonds. The highest BCUT2D eigenvalue weighted by Crippen LogP contribution is 2.04. The van der Waals surface area contributed by atoms with Crippen molar-refractivity contribution in [1.82, 2.24) is 5.32 Å². The van der Waals surface area contributed by atoms with Gasteiger partial charge in [-0.2, -0.15) is 0 Å². The molecule has 2 heteroatoms. The summed E-state index contributed by atoms with van der Waals surface area (Å²) in [5.41, 5.74) is 1.19. The number of hydrogen-bond donors (Lipinski definition) is 1. The summed E-state index contributed by atoms with van der Waals surface area (Å²) in [5, 5.41) is 3.49. The smallest absolute Gasteiger partial charge is 0.123 e. The monoisotopic (exact) mass is 223 g/mol. The summed E-state index contributed by atoms with van der Waals surface area (Å²) in [6.45, 7) is 5.40. The first-order valence-electron chi connectivity index (χ1n) is 6.20. The minimum atomic E-state index is -0.159. The number of halogens is 1. The van der Waals surface area contributed by atoms with Gasteiger partial charge in [0, 0.05) is 6.04 Å². The maximum absolute atomic E-state index is 12.7. The lowest BCUT2D eigenvalue weighted by Crippen LogP contribution is -2.27. The minimum absolute atomic E-state index is 0.159. The van der Waals surface area contributed by atoms with E-state index in [-0.39, 0.29) is 5.82 Å². The Balaban J connectivity index is 2.17. The molecule has 1 nitrogen and oxygen atoms in total. The number of benzene rings is 1. The fraction of sp³-hybridized carbons (Fsp3) is 0.571. The van der Waals surface area contributed by atoms with Crippen molar-refractivity contribution in [3.63, 3.8) is 0 Å². The molecular weight excluding hydrogens is 201 g/mol. The van der Waals surface area contributed by atoms with Crippen molar-refractivity contribution in [2.24, 2.45) is 0 Å². The van der Waals surface area contributed by atoms with Crippen LogP contribution in [0.5, 0.6) is 0 Å². The van der Waals surface area contributed by atoms with E-state index in [1.54, 1.807) is 0 Å². The Bertz CT molecular complexity index is 281. The molecule has 0 heterocycles. The molecule has 0 fully saturated rings. The van der Waals surface area contributed by atoms with Crippen LogP contribution in [-0.2, 0) is 6.42 Å². The van der Waals surface area contributed by atoms with E-state index in [4.69, 9.17) is 0 Å². The molecule has 1 unspecified atom stereocenters. The van der Waals surface area contributed by atoms with E-state index in [0.717, 1.165) is 13.0 Å². The second-order valence-corrected chi connectivity index (χ2v) is 4.37. The van der Waals surface area contributed by atoms with Gasteiger partial charge in [0.1, 0.15) is 5.82 Å². The predicted octanol–water partition coefficient (Wildman–Crippen LogP) is 3.54. The van der Waals surface area contributed by atoms with Gasteiger partial charge < -0.3 is 5.32 Å². The quantitative estimate of drug-likeness (QED) is 0.745. The first kappa shape index (κ1) is 13.2. The van der Waals surface area contributed by atoms with E-state index >= 15 is 0 Å². The van der Waals surface area contributed by atoms with Crippen molar-refractivity contribution in [2.75, 3.05) is 6.54 Å². The molecule has 0 spiro atoms. The van der Waals surface area contributed by atoms with Crippen molar-refractivity contribution >= 4 is 0 Å². The Morgan fingerprint density at radius 2 is 1.94 bits per heavy atom. The van der Waals surface area contributed by atoms with Gasteiger partial charge in [0.15, 0.2) is 0 Å². The molecular formula is C14H22FN. The molecule has 0 bridgehead atoms. The van der Waals surface area contributed by atoms with Crippen LogP contribution in [0.25, 0.3) is 0 Å². The van der Waals surface area contributed by atoms with Crippen molar-refractivity contribution in [2.45, 2.75) is 45.6 Å². The zero-order valence-corrected chi connectivity index (χ0v) is 10.3. The second-order valence-electron chi connectivity index (χ2n) is 4.37. The summed E-state index contributed by atoms with van der Waals surface area (Å²) in [6, 6.07) is 7.34. The van der Waals surface area contributed by atoms with Gasteiger partial charge in [-0.1, -0.05) is 31.9 Å². The van der Waals surface area contributed by atoms with E-state index in [1.807, 2.05) is 12.1 Å². The molecule has 1 N–H and O–H groups in total. The number of hydrogen-bond acceptors (Lipinski definition) is 1. The Morgan fingerprint density at radius 3 is 2.56 bits per heavy atom. The molecule has 0 aliphatic heterocycles. The minimum Gasteiger partial charge on any atom is -0.314 e. The zero-order valence-electron chi connectivity index (χ0n) is 10.3. The van der Waals surface area contributed by atoms with Crippen molar-refractivity contribution < 1.29 is 4.39 Å². The van der Waals surface area contributed by atoms with Crippen LogP contribution >= 0.6 is 0 Å². The highest BCUT2D eigenvalue weighted by Gasteiger charge is 2.00. The molecule has 0 saturated heterocycles. The van der Waals surface area contributed by atoms with Crippen LogP contribution in [0.2, 0.25) is 0 Å². The predicted molar refractivity (Wildman–Crippen MR) is 67.1 cm³/mol. The highest BCUT2D eigenvalue weighted by atomic mass is 19.1. The van der Waals surface area contributed by atoms with E-state index < -0.39 is 0 Å². The van der Waals surface area contributed by atoms with Gasteiger partial charge in [-0.15, -0.1) is 0 Å². The number of rotatable bonds is 7. The number of nitrogens with one attached hydrogen (secondary N) is 1. The molecule has 0 radical (unpaired) electrons. The molecule has 0 aliphatic carbocycles. The topological polar surface area (TPSA) is 12.0 Å². The highest BCUT2D eigenvalue weighted by molar-refractivity contribution is 5.16. The van der Waals surface area contributed by atoms with Crippen LogP contribution in [0, 0.1) is 5.82 Å². The molecule has 1 atom stereocenters. The van der Waals surface area contributed by atoms with Gasteiger partial charge in [0.25, 0.3) is 0 Å². The van der Waals surface area contributed by atoms with Gasteiger partial charge in [-0.05, 0) is 44.0 Å². The first-order valence-corrected chi connectivity index (χ1v) is 6.20. The largest absolute Gasteiger partial charge is 0.314 e. The first-order chi connectivity index (χ1) is 7.72. The summed E-state index contributed by atoms with van der Waals surface area (Å²) in [6.07, 6.45) is 4.74. The van der Waals surface area contributed by atoms with Gasteiger partial charge >= 0.3 is 0 Å². The Kier molecular flexibility index (Phi) is 6.09. The molecule has 0 aliphatic rings. The van der Waals surface area contributed by atoms with Crippen LogP contribution in [0.1, 0.15) is 38.7 Å². The zero-order chi connectivity index (χ0) is 11.8. The Labute approximate surface area is 98.1 Å². The average molecular weight is 223 g/mol. The van der Waals surface area contributed by atoms with Crippen LogP contribution in [0.15, 0.2) is 24.3 Å². The van der Waals surface area contributed by atoms with Crippen molar-refractivity contribution in [1.29, 1.82) is 0 Å². The molecule has 0 aromatic heterocycles. The third-order valence-electron chi connectivity index (χ3n) is 2.81. The number of unbranched alkanes of at least 4 members (excludes halogenated alkanes) is 1. The molecule has 1 aromatic rings. The summed E-state index contributed by atoms with van der Waals surface area (Å²) >= 11 is 0. The maximum atomic E-state index is 12.7. The summed E-state index contributed by atoms with van der Waals surface area (Å²) < 4.78 is 12.7. The van der Waals surface area contributed by atoms with Gasteiger partial charge in [0.2, 0.25) is 0 Å². The standard InChI is InChI=1S/C14H22FN/c1-3-4-5-12(2)16-11-10-13-6-8-14(15)9-7-13/h6-9,12,16H,3-5,10-11H2,1-2H3. The lowest BCUT2D eigenvalue weighted by molar-refractivity contribution is 0.498. The lowest BCUT2D eigenvalue weighted by Gasteiger charge is -2.12. The van der Waals surface area contributed by atoms with E-state index in [2.05, 4.69) is 19.2 Å². The summed E-state index contributed by atoms with van der Waals surface area (Å²) in [4.78, 5) is 0. The third kappa shape index (κ3) is 5.26. The SMILES string of the molecule is CCCCC(C)NCCc1ccc(F)cc1. The van der Waals surface area contributed by atoms with E-state index in [9.17, 15) is 4.39 Å². The third-order valence-corrected chi connectivity index (χ3v) is 2.81. The van der Waals surface area contributed by atoms with Gasteiger partial charge in [0.05, 0.1) is 0 Å². The molecule has 90 valence electrons. The second kappa shape index (κ2) is 7.39.